The highest BCUT2D eigenvalue weighted by Crippen LogP contribution is 2.29. The highest BCUT2D eigenvalue weighted by atomic mass is 32.2. The van der Waals surface area contributed by atoms with Crippen molar-refractivity contribution in [2.75, 3.05) is 17.1 Å². The predicted molar refractivity (Wildman–Crippen MR) is 82.1 cm³/mol. The molecule has 0 heterocycles. The number of sulfone groups is 1. The van der Waals surface area contributed by atoms with Crippen LogP contribution in [0, 0.1) is 5.21 Å². The van der Waals surface area contributed by atoms with E-state index in [1.54, 1.807) is 6.07 Å². The highest BCUT2D eigenvalue weighted by Gasteiger charge is 2.21. The monoisotopic (exact) mass is 337 g/mol. The van der Waals surface area contributed by atoms with E-state index in [1.807, 2.05) is 0 Å². The quantitative estimate of drug-likeness (QED) is 0.679. The number of carboxylic acids is 1. The molecular weight excluding hydrogens is 324 g/mol. The van der Waals surface area contributed by atoms with Gasteiger partial charge in [-0.15, -0.1) is 0 Å². The summed E-state index contributed by atoms with van der Waals surface area (Å²) in [5.74, 6) is -1.14. The lowest BCUT2D eigenvalue weighted by Gasteiger charge is -2.22. The van der Waals surface area contributed by atoms with E-state index in [0.717, 1.165) is 6.07 Å². The number of carboxylic acid groups (broad SMARTS) is 1. The fraction of sp³-hybridized carbons (Fsp3) is 0.0714. The van der Waals surface area contributed by atoms with E-state index in [-0.39, 0.29) is 21.2 Å². The van der Waals surface area contributed by atoms with Gasteiger partial charge in [0.25, 0.3) is 0 Å². The maximum Gasteiger partial charge on any atom is 0.322 e. The summed E-state index contributed by atoms with van der Waals surface area (Å²) in [6.07, 6.45) is 0. The van der Waals surface area contributed by atoms with E-state index in [2.05, 4.69) is 5.32 Å². The van der Waals surface area contributed by atoms with E-state index in [1.165, 1.54) is 36.4 Å². The summed E-state index contributed by atoms with van der Waals surface area (Å²) in [4.78, 5) is 10.3. The van der Waals surface area contributed by atoms with E-state index in [0.29, 0.717) is 0 Å². The number of para-hydroxylation sites is 1. The van der Waals surface area contributed by atoms with Crippen LogP contribution < -0.4 is 10.5 Å². The SMILES string of the molecule is O=C(O)CNc1ccccc1S(=O)(=O)c1cccc(N([O-])O)c1. The third-order valence-electron chi connectivity index (χ3n) is 2.96. The number of aliphatic carboxylic acids is 1. The first-order valence-electron chi connectivity index (χ1n) is 6.38. The predicted octanol–water partition coefficient (Wildman–Crippen LogP) is 1.71. The fourth-order valence-electron chi connectivity index (χ4n) is 1.91. The summed E-state index contributed by atoms with van der Waals surface area (Å²) in [6.45, 7) is -0.447. The van der Waals surface area contributed by atoms with Crippen molar-refractivity contribution in [1.29, 1.82) is 0 Å². The van der Waals surface area contributed by atoms with Gasteiger partial charge in [-0.25, -0.2) is 8.42 Å². The lowest BCUT2D eigenvalue weighted by atomic mass is 10.3. The zero-order valence-corrected chi connectivity index (χ0v) is 12.5. The van der Waals surface area contributed by atoms with Crippen molar-refractivity contribution in [3.8, 4) is 0 Å². The molecule has 9 heteroatoms. The molecule has 0 aliphatic carbocycles. The second-order valence-electron chi connectivity index (χ2n) is 4.52. The molecule has 0 fully saturated rings. The summed E-state index contributed by atoms with van der Waals surface area (Å²) < 4.78 is 25.4. The maximum atomic E-state index is 12.7. The first kappa shape index (κ1) is 16.7. The number of hydrogen-bond acceptors (Lipinski definition) is 7. The molecule has 2 rings (SSSR count). The average Bonchev–Trinajstić information content (AvgIpc) is 2.53. The van der Waals surface area contributed by atoms with Gasteiger partial charge in [-0.05, 0) is 30.3 Å². The summed E-state index contributed by atoms with van der Waals surface area (Å²) in [5, 5.41) is 30.6. The van der Waals surface area contributed by atoms with E-state index >= 15 is 0 Å². The summed E-state index contributed by atoms with van der Waals surface area (Å²) >= 11 is 0. The van der Waals surface area contributed by atoms with Gasteiger partial charge < -0.3 is 20.9 Å². The molecule has 0 radical (unpaired) electrons. The van der Waals surface area contributed by atoms with Crippen molar-refractivity contribution in [2.24, 2.45) is 0 Å². The second kappa shape index (κ2) is 6.65. The van der Waals surface area contributed by atoms with Gasteiger partial charge in [-0.3, -0.25) is 10.0 Å². The number of benzene rings is 2. The van der Waals surface area contributed by atoms with Crippen LogP contribution in [0.25, 0.3) is 0 Å². The van der Waals surface area contributed by atoms with Crippen molar-refractivity contribution in [2.45, 2.75) is 9.79 Å². The normalized spacial score (nSPS) is 11.0. The minimum atomic E-state index is -4.01. The first-order valence-corrected chi connectivity index (χ1v) is 7.86. The number of rotatable bonds is 6. The van der Waals surface area contributed by atoms with Crippen LogP contribution in [0.2, 0.25) is 0 Å². The Labute approximate surface area is 132 Å². The van der Waals surface area contributed by atoms with Gasteiger partial charge in [0.1, 0.15) is 6.54 Å². The largest absolute Gasteiger partial charge is 0.733 e. The van der Waals surface area contributed by atoms with Gasteiger partial charge in [0, 0.05) is 0 Å². The molecule has 2 aromatic carbocycles. The third-order valence-corrected chi connectivity index (χ3v) is 4.77. The van der Waals surface area contributed by atoms with Crippen LogP contribution in [-0.2, 0) is 14.6 Å². The van der Waals surface area contributed by atoms with Crippen LogP contribution in [-0.4, -0.2) is 31.2 Å². The molecular formula is C14H13N2O6S-. The number of hydrogen-bond donors (Lipinski definition) is 3. The Morgan fingerprint density at radius 1 is 1.17 bits per heavy atom. The lowest BCUT2D eigenvalue weighted by Crippen LogP contribution is -2.15. The Bertz CT molecular complexity index is 820. The summed E-state index contributed by atoms with van der Waals surface area (Å²) in [5.41, 5.74) is -0.106. The number of anilines is 2. The van der Waals surface area contributed by atoms with Gasteiger partial charge in [0.15, 0.2) is 0 Å². The molecule has 0 atom stereocenters. The van der Waals surface area contributed by atoms with Crippen molar-refractivity contribution in [3.63, 3.8) is 0 Å². The Morgan fingerprint density at radius 2 is 1.87 bits per heavy atom. The van der Waals surface area contributed by atoms with Crippen molar-refractivity contribution in [3.05, 3.63) is 53.7 Å². The van der Waals surface area contributed by atoms with Crippen molar-refractivity contribution in [1.82, 2.24) is 0 Å². The molecule has 0 amide bonds. The molecule has 122 valence electrons. The standard InChI is InChI=1S/C14H13N2O6S/c17-14(18)9-15-12-6-1-2-7-13(12)23(21,22)11-5-3-4-10(8-11)16(19)20/h1-8,15,19H,9H2,(H,17,18)/q-1. The van der Waals surface area contributed by atoms with Crippen LogP contribution >= 0.6 is 0 Å². The first-order chi connectivity index (χ1) is 10.8. The van der Waals surface area contributed by atoms with Crippen LogP contribution in [0.3, 0.4) is 0 Å². The molecule has 23 heavy (non-hydrogen) atoms. The van der Waals surface area contributed by atoms with Crippen molar-refractivity contribution >= 4 is 27.2 Å². The minimum absolute atomic E-state index is 0.128. The van der Waals surface area contributed by atoms with Crippen LogP contribution in [0.5, 0.6) is 0 Å². The number of carbonyl (C=O) groups is 1. The number of nitrogens with one attached hydrogen (secondary N) is 1. The lowest BCUT2D eigenvalue weighted by molar-refractivity contribution is -0.134. The molecule has 0 saturated heterocycles. The van der Waals surface area contributed by atoms with Gasteiger partial charge in [0.05, 0.1) is 21.2 Å². The average molecular weight is 337 g/mol. The summed E-state index contributed by atoms with van der Waals surface area (Å²) in [6, 6.07) is 10.7. The van der Waals surface area contributed by atoms with E-state index in [4.69, 9.17) is 10.3 Å². The van der Waals surface area contributed by atoms with Gasteiger partial charge >= 0.3 is 5.97 Å². The van der Waals surface area contributed by atoms with Gasteiger partial charge in [0.2, 0.25) is 9.84 Å². The number of nitrogens with zero attached hydrogens (tertiary/aromatic N) is 1. The molecule has 0 aliphatic heterocycles. The zero-order valence-electron chi connectivity index (χ0n) is 11.7. The Morgan fingerprint density at radius 3 is 2.52 bits per heavy atom. The third kappa shape index (κ3) is 3.77. The summed E-state index contributed by atoms with van der Waals surface area (Å²) in [7, 11) is -4.01. The van der Waals surface area contributed by atoms with E-state index in [9.17, 15) is 18.4 Å². The van der Waals surface area contributed by atoms with Crippen molar-refractivity contribution < 1.29 is 23.5 Å². The minimum Gasteiger partial charge on any atom is -0.733 e. The van der Waals surface area contributed by atoms with E-state index < -0.39 is 27.6 Å². The highest BCUT2D eigenvalue weighted by molar-refractivity contribution is 7.91. The molecule has 0 aliphatic rings. The Kier molecular flexibility index (Phi) is 4.84. The molecule has 0 saturated carbocycles. The fourth-order valence-corrected chi connectivity index (χ4v) is 3.39. The second-order valence-corrected chi connectivity index (χ2v) is 6.44. The van der Waals surface area contributed by atoms with Gasteiger partial charge in [-0.1, -0.05) is 18.2 Å². The molecule has 8 nitrogen and oxygen atoms in total. The molecule has 2 aromatic rings. The topological polar surface area (TPSA) is 130 Å². The smallest absolute Gasteiger partial charge is 0.322 e. The molecule has 0 spiro atoms. The van der Waals surface area contributed by atoms with Gasteiger partial charge in [-0.2, -0.15) is 0 Å². The Balaban J connectivity index is 2.48. The zero-order chi connectivity index (χ0) is 17.0. The van der Waals surface area contributed by atoms with Crippen LogP contribution in [0.1, 0.15) is 0 Å². The Hall–Kier alpha value is -2.62. The van der Waals surface area contributed by atoms with Crippen LogP contribution in [0.15, 0.2) is 58.3 Å². The molecule has 0 aromatic heterocycles. The molecule has 0 unspecified atom stereocenters. The molecule has 0 bridgehead atoms. The van der Waals surface area contributed by atoms with Crippen LogP contribution in [0.4, 0.5) is 11.4 Å². The maximum absolute atomic E-state index is 12.7. The molecule has 3 N–H and O–H groups in total.